The minimum Gasteiger partial charge on any atom is -0.378 e. The summed E-state index contributed by atoms with van der Waals surface area (Å²) in [6, 6.07) is 9.80. The highest BCUT2D eigenvalue weighted by atomic mass is 19.3. The number of carbonyl (C=O) groups is 2. The Labute approximate surface area is 160 Å². The normalized spacial score (nSPS) is 16.2. The number of carbonyl (C=O) groups excluding carboxylic acids is 2. The van der Waals surface area contributed by atoms with E-state index in [1.54, 1.807) is 29.2 Å². The van der Waals surface area contributed by atoms with E-state index in [2.05, 4.69) is 15.5 Å². The topological polar surface area (TPSA) is 98.3 Å². The molecule has 7 nitrogen and oxygen atoms in total. The second kappa shape index (κ2) is 8.92. The maximum atomic E-state index is 12.5. The largest absolute Gasteiger partial charge is 0.378 e. The van der Waals surface area contributed by atoms with Crippen molar-refractivity contribution in [3.05, 3.63) is 53.3 Å². The summed E-state index contributed by atoms with van der Waals surface area (Å²) in [4.78, 5) is 26.1. The minimum atomic E-state index is -2.71. The molecular formula is C19H22F2N4O3. The van der Waals surface area contributed by atoms with Crippen molar-refractivity contribution in [1.29, 1.82) is 0 Å². The van der Waals surface area contributed by atoms with Gasteiger partial charge >= 0.3 is 0 Å². The Bertz CT molecular complexity index is 805. The lowest BCUT2D eigenvalue weighted by Gasteiger charge is -2.33. The second-order valence-electron chi connectivity index (χ2n) is 6.80. The summed E-state index contributed by atoms with van der Waals surface area (Å²) < 4.78 is 25.1. The lowest BCUT2D eigenvalue weighted by molar-refractivity contribution is -0.142. The van der Waals surface area contributed by atoms with E-state index in [1.807, 2.05) is 6.07 Å². The van der Waals surface area contributed by atoms with Gasteiger partial charge in [0.2, 0.25) is 0 Å². The highest BCUT2D eigenvalue weighted by Gasteiger charge is 2.28. The van der Waals surface area contributed by atoms with Crippen LogP contribution in [0.1, 0.15) is 47.1 Å². The zero-order valence-corrected chi connectivity index (χ0v) is 15.1. The van der Waals surface area contributed by atoms with Gasteiger partial charge in [0.15, 0.2) is 6.10 Å². The van der Waals surface area contributed by atoms with Gasteiger partial charge in [-0.05, 0) is 30.4 Å². The first-order valence-corrected chi connectivity index (χ1v) is 9.09. The van der Waals surface area contributed by atoms with Gasteiger partial charge in [0, 0.05) is 19.6 Å². The number of nitrogens with one attached hydrogen (secondary N) is 2. The average Bonchev–Trinajstić information content (AvgIpc) is 3.23. The lowest BCUT2D eigenvalue weighted by Crippen LogP contribution is -2.43. The number of amides is 2. The van der Waals surface area contributed by atoms with Crippen LogP contribution < -0.4 is 5.32 Å². The van der Waals surface area contributed by atoms with Crippen LogP contribution in [0.2, 0.25) is 0 Å². The number of aromatic nitrogens is 2. The van der Waals surface area contributed by atoms with Crippen molar-refractivity contribution < 1.29 is 23.5 Å². The molecule has 1 unspecified atom stereocenters. The van der Waals surface area contributed by atoms with Crippen LogP contribution in [0.5, 0.6) is 0 Å². The molecule has 1 atom stereocenters. The van der Waals surface area contributed by atoms with Crippen LogP contribution in [0.25, 0.3) is 0 Å². The number of likely N-dealkylation sites (tertiary alicyclic amines) is 1. The van der Waals surface area contributed by atoms with Gasteiger partial charge < -0.3 is 15.3 Å². The minimum absolute atomic E-state index is 0.0751. The van der Waals surface area contributed by atoms with Crippen molar-refractivity contribution in [2.45, 2.75) is 25.4 Å². The number of nitrogens with zero attached hydrogens (tertiary/aromatic N) is 2. The molecule has 0 aliphatic carbocycles. The summed E-state index contributed by atoms with van der Waals surface area (Å²) in [6.07, 6.45) is -2.53. The molecule has 1 aliphatic heterocycles. The van der Waals surface area contributed by atoms with E-state index in [9.17, 15) is 23.5 Å². The summed E-state index contributed by atoms with van der Waals surface area (Å²) >= 11 is 0. The first-order valence-electron chi connectivity index (χ1n) is 9.09. The van der Waals surface area contributed by atoms with Crippen LogP contribution in [0.3, 0.4) is 0 Å². The zero-order valence-electron chi connectivity index (χ0n) is 15.1. The van der Waals surface area contributed by atoms with Crippen LogP contribution in [0, 0.1) is 5.92 Å². The monoisotopic (exact) mass is 392 g/mol. The maximum absolute atomic E-state index is 12.5. The number of piperidine rings is 1. The van der Waals surface area contributed by atoms with Crippen molar-refractivity contribution in [1.82, 2.24) is 20.4 Å². The Kier molecular flexibility index (Phi) is 6.35. The zero-order chi connectivity index (χ0) is 20.1. The molecule has 3 rings (SSSR count). The summed E-state index contributed by atoms with van der Waals surface area (Å²) in [7, 11) is 0. The molecule has 0 bridgehead atoms. The number of aromatic amines is 1. The first-order chi connectivity index (χ1) is 13.5. The van der Waals surface area contributed by atoms with E-state index >= 15 is 0 Å². The van der Waals surface area contributed by atoms with E-state index in [4.69, 9.17) is 0 Å². The third kappa shape index (κ3) is 4.72. The van der Waals surface area contributed by atoms with Gasteiger partial charge in [-0.15, -0.1) is 0 Å². The number of aliphatic hydroxyl groups is 1. The van der Waals surface area contributed by atoms with Crippen molar-refractivity contribution in [3.8, 4) is 0 Å². The molecule has 1 aromatic carbocycles. The number of rotatable bonds is 6. The molecular weight excluding hydrogens is 370 g/mol. The molecule has 1 saturated heterocycles. The van der Waals surface area contributed by atoms with Crippen molar-refractivity contribution >= 4 is 11.8 Å². The Morgan fingerprint density at radius 3 is 2.54 bits per heavy atom. The highest BCUT2D eigenvalue weighted by Crippen LogP contribution is 2.22. The summed E-state index contributed by atoms with van der Waals surface area (Å²) in [5.74, 6) is -0.679. The quantitative estimate of drug-likeness (QED) is 0.701. The SMILES string of the molecule is O=C(NCC1CCN(C(=O)C(O)c2ccccc2)CC1)c1cc(C(F)F)[nH]n1. The summed E-state index contributed by atoms with van der Waals surface area (Å²) in [5.41, 5.74) is 0.0897. The van der Waals surface area contributed by atoms with Gasteiger partial charge in [0.25, 0.3) is 18.2 Å². The second-order valence-corrected chi connectivity index (χ2v) is 6.80. The van der Waals surface area contributed by atoms with Gasteiger partial charge in [-0.1, -0.05) is 30.3 Å². The van der Waals surface area contributed by atoms with E-state index in [-0.39, 0.29) is 17.5 Å². The van der Waals surface area contributed by atoms with E-state index in [0.29, 0.717) is 38.0 Å². The third-order valence-corrected chi connectivity index (χ3v) is 4.89. The molecule has 1 fully saturated rings. The van der Waals surface area contributed by atoms with E-state index in [1.165, 1.54) is 0 Å². The molecule has 2 aromatic rings. The predicted octanol–water partition coefficient (Wildman–Crippen LogP) is 2.05. The Morgan fingerprint density at radius 1 is 1.25 bits per heavy atom. The van der Waals surface area contributed by atoms with Crippen molar-refractivity contribution in [2.24, 2.45) is 5.92 Å². The Morgan fingerprint density at radius 2 is 1.93 bits per heavy atom. The molecule has 2 heterocycles. The molecule has 0 saturated carbocycles. The van der Waals surface area contributed by atoms with Crippen LogP contribution in [-0.2, 0) is 4.79 Å². The molecule has 1 aromatic heterocycles. The number of hydrogen-bond acceptors (Lipinski definition) is 4. The Balaban J connectivity index is 1.45. The standard InChI is InChI=1S/C19H22F2N4O3/c20-17(21)14-10-15(24-23-14)18(27)22-11-12-6-8-25(9-7-12)19(28)16(26)13-4-2-1-3-5-13/h1-5,10,12,16-17,26H,6-9,11H2,(H,22,27)(H,23,24). The van der Waals surface area contributed by atoms with Gasteiger partial charge in [0.05, 0.1) is 0 Å². The van der Waals surface area contributed by atoms with Crippen molar-refractivity contribution in [2.75, 3.05) is 19.6 Å². The molecule has 3 N–H and O–H groups in total. The van der Waals surface area contributed by atoms with E-state index < -0.39 is 24.1 Å². The van der Waals surface area contributed by atoms with Gasteiger partial charge in [0.1, 0.15) is 11.4 Å². The number of halogens is 2. The van der Waals surface area contributed by atoms with Crippen LogP contribution >= 0.6 is 0 Å². The fourth-order valence-electron chi connectivity index (χ4n) is 3.20. The van der Waals surface area contributed by atoms with E-state index in [0.717, 1.165) is 6.07 Å². The number of H-pyrrole nitrogens is 1. The number of alkyl halides is 2. The summed E-state index contributed by atoms with van der Waals surface area (Å²) in [5, 5.41) is 18.7. The average molecular weight is 392 g/mol. The molecule has 150 valence electrons. The molecule has 28 heavy (non-hydrogen) atoms. The molecule has 9 heteroatoms. The van der Waals surface area contributed by atoms with Gasteiger partial charge in [-0.3, -0.25) is 14.7 Å². The number of hydrogen-bond donors (Lipinski definition) is 3. The van der Waals surface area contributed by atoms with Gasteiger partial charge in [-0.25, -0.2) is 8.78 Å². The lowest BCUT2D eigenvalue weighted by atomic mass is 9.96. The predicted molar refractivity (Wildman–Crippen MR) is 96.6 cm³/mol. The molecule has 0 spiro atoms. The van der Waals surface area contributed by atoms with Crippen LogP contribution in [0.4, 0.5) is 8.78 Å². The Hall–Kier alpha value is -2.81. The molecule has 1 aliphatic rings. The third-order valence-electron chi connectivity index (χ3n) is 4.89. The van der Waals surface area contributed by atoms with Gasteiger partial charge in [-0.2, -0.15) is 5.10 Å². The number of benzene rings is 1. The van der Waals surface area contributed by atoms with Crippen LogP contribution in [0.15, 0.2) is 36.4 Å². The fourth-order valence-corrected chi connectivity index (χ4v) is 3.20. The van der Waals surface area contributed by atoms with Crippen LogP contribution in [-0.4, -0.2) is 51.7 Å². The first kappa shape index (κ1) is 19.9. The number of aliphatic hydroxyl groups excluding tert-OH is 1. The highest BCUT2D eigenvalue weighted by molar-refractivity contribution is 5.92. The molecule has 0 radical (unpaired) electrons. The molecule has 2 amide bonds. The smallest absolute Gasteiger partial charge is 0.279 e. The maximum Gasteiger partial charge on any atom is 0.279 e. The van der Waals surface area contributed by atoms with Crippen molar-refractivity contribution in [3.63, 3.8) is 0 Å². The summed E-state index contributed by atoms with van der Waals surface area (Å²) in [6.45, 7) is 1.35. The fraction of sp³-hybridized carbons (Fsp3) is 0.421.